The maximum Gasteiger partial charge on any atom is 0.123 e. The molecular formula is C16H13ClO. The molecule has 2 heteroatoms. The van der Waals surface area contributed by atoms with Crippen LogP contribution in [0.15, 0.2) is 36.4 Å². The molecule has 0 bridgehead atoms. The minimum absolute atomic E-state index is 0.0733. The normalized spacial score (nSPS) is 23.2. The van der Waals surface area contributed by atoms with Crippen molar-refractivity contribution < 1.29 is 4.74 Å². The maximum atomic E-state index is 6.44. The lowest BCUT2D eigenvalue weighted by Gasteiger charge is -2.31. The van der Waals surface area contributed by atoms with Crippen molar-refractivity contribution >= 4 is 11.6 Å². The summed E-state index contributed by atoms with van der Waals surface area (Å²) in [6, 6.07) is 12.5. The van der Waals surface area contributed by atoms with Crippen molar-refractivity contribution in [3.05, 3.63) is 52.5 Å². The second-order valence-corrected chi connectivity index (χ2v) is 5.89. The predicted molar refractivity (Wildman–Crippen MR) is 73.4 cm³/mol. The topological polar surface area (TPSA) is 9.23 Å². The van der Waals surface area contributed by atoms with Crippen molar-refractivity contribution in [3.8, 4) is 16.9 Å². The van der Waals surface area contributed by atoms with Gasteiger partial charge in [-0.2, -0.15) is 0 Å². The van der Waals surface area contributed by atoms with Crippen LogP contribution in [-0.4, -0.2) is 6.61 Å². The lowest BCUT2D eigenvalue weighted by atomic mass is 9.70. The van der Waals surface area contributed by atoms with Crippen LogP contribution in [-0.2, 0) is 11.8 Å². The first-order chi connectivity index (χ1) is 8.69. The zero-order chi connectivity index (χ0) is 12.3. The van der Waals surface area contributed by atoms with Gasteiger partial charge in [0.05, 0.1) is 6.61 Å². The van der Waals surface area contributed by atoms with Gasteiger partial charge < -0.3 is 4.74 Å². The zero-order valence-corrected chi connectivity index (χ0v) is 10.9. The summed E-state index contributed by atoms with van der Waals surface area (Å²) in [7, 11) is 0. The van der Waals surface area contributed by atoms with E-state index in [-0.39, 0.29) is 5.41 Å². The van der Waals surface area contributed by atoms with Crippen LogP contribution in [0.3, 0.4) is 0 Å². The number of rotatable bonds is 0. The molecule has 2 aromatic carbocycles. The SMILES string of the molecule is CC12COc3ccc(Cl)c(c31)-c1ccccc1C2. The molecule has 0 saturated heterocycles. The van der Waals surface area contributed by atoms with E-state index in [4.69, 9.17) is 16.3 Å². The van der Waals surface area contributed by atoms with E-state index in [1.807, 2.05) is 12.1 Å². The second-order valence-electron chi connectivity index (χ2n) is 5.48. The van der Waals surface area contributed by atoms with E-state index in [1.165, 1.54) is 22.3 Å². The van der Waals surface area contributed by atoms with Crippen molar-refractivity contribution in [2.24, 2.45) is 0 Å². The van der Waals surface area contributed by atoms with Gasteiger partial charge in [-0.15, -0.1) is 0 Å². The standard InChI is InChI=1S/C16H13ClO/c1-16-8-10-4-2-3-5-11(10)14-12(17)6-7-13(15(14)16)18-9-16/h2-7H,8-9H2,1H3. The highest BCUT2D eigenvalue weighted by atomic mass is 35.5. The van der Waals surface area contributed by atoms with E-state index >= 15 is 0 Å². The van der Waals surface area contributed by atoms with Crippen molar-refractivity contribution in [1.29, 1.82) is 0 Å². The first-order valence-corrected chi connectivity index (χ1v) is 6.61. The quantitative estimate of drug-likeness (QED) is 0.686. The Bertz CT molecular complexity index is 662. The summed E-state index contributed by atoms with van der Waals surface area (Å²) < 4.78 is 5.85. The van der Waals surface area contributed by atoms with Gasteiger partial charge in [0.15, 0.2) is 0 Å². The highest BCUT2D eigenvalue weighted by Crippen LogP contribution is 2.53. The van der Waals surface area contributed by atoms with Crippen LogP contribution in [0.4, 0.5) is 0 Å². The molecule has 0 spiro atoms. The van der Waals surface area contributed by atoms with Crippen LogP contribution < -0.4 is 4.74 Å². The Labute approximate surface area is 111 Å². The third-order valence-electron chi connectivity index (χ3n) is 4.13. The van der Waals surface area contributed by atoms with Crippen LogP contribution in [0.1, 0.15) is 18.1 Å². The Kier molecular flexibility index (Phi) is 1.92. The van der Waals surface area contributed by atoms with Crippen LogP contribution >= 0.6 is 11.6 Å². The van der Waals surface area contributed by atoms with Gasteiger partial charge in [0.2, 0.25) is 0 Å². The Balaban J connectivity index is 2.14. The van der Waals surface area contributed by atoms with Crippen LogP contribution in [0.2, 0.25) is 5.02 Å². The molecule has 0 N–H and O–H groups in total. The number of halogens is 1. The minimum atomic E-state index is 0.0733. The number of hydrogen-bond acceptors (Lipinski definition) is 1. The van der Waals surface area contributed by atoms with E-state index in [9.17, 15) is 0 Å². The molecule has 0 radical (unpaired) electrons. The number of benzene rings is 2. The molecule has 0 fully saturated rings. The Hall–Kier alpha value is -1.47. The van der Waals surface area contributed by atoms with E-state index in [0.29, 0.717) is 0 Å². The molecule has 1 atom stereocenters. The van der Waals surface area contributed by atoms with Gasteiger partial charge >= 0.3 is 0 Å². The molecule has 2 aliphatic rings. The summed E-state index contributed by atoms with van der Waals surface area (Å²) in [5, 5.41) is 0.831. The molecule has 2 aromatic rings. The fourth-order valence-corrected chi connectivity index (χ4v) is 3.59. The molecule has 4 rings (SSSR count). The highest BCUT2D eigenvalue weighted by Gasteiger charge is 2.43. The van der Waals surface area contributed by atoms with Crippen LogP contribution in [0, 0.1) is 0 Å². The Morgan fingerprint density at radius 3 is 2.89 bits per heavy atom. The number of hydrogen-bond donors (Lipinski definition) is 0. The summed E-state index contributed by atoms with van der Waals surface area (Å²) in [5.41, 5.74) is 5.19. The van der Waals surface area contributed by atoms with Crippen molar-refractivity contribution in [2.75, 3.05) is 6.61 Å². The molecule has 0 aromatic heterocycles. The van der Waals surface area contributed by atoms with Crippen LogP contribution in [0.25, 0.3) is 11.1 Å². The smallest absolute Gasteiger partial charge is 0.123 e. The first kappa shape index (κ1) is 10.5. The summed E-state index contributed by atoms with van der Waals surface area (Å²) in [4.78, 5) is 0. The average Bonchev–Trinajstić information content (AvgIpc) is 2.70. The fourth-order valence-electron chi connectivity index (χ4n) is 3.33. The molecule has 1 aliphatic heterocycles. The third-order valence-corrected chi connectivity index (χ3v) is 4.45. The van der Waals surface area contributed by atoms with Gasteiger partial charge in [-0.1, -0.05) is 42.8 Å². The predicted octanol–water partition coefficient (Wildman–Crippen LogP) is 4.21. The van der Waals surface area contributed by atoms with E-state index < -0.39 is 0 Å². The second kappa shape index (κ2) is 3.30. The van der Waals surface area contributed by atoms with Gasteiger partial charge in [0.25, 0.3) is 0 Å². The third kappa shape index (κ3) is 1.18. The van der Waals surface area contributed by atoms with E-state index in [1.54, 1.807) is 0 Å². The summed E-state index contributed by atoms with van der Waals surface area (Å²) >= 11 is 6.44. The summed E-state index contributed by atoms with van der Waals surface area (Å²) in [5.74, 6) is 1.01. The van der Waals surface area contributed by atoms with Crippen molar-refractivity contribution in [2.45, 2.75) is 18.8 Å². The molecule has 1 nitrogen and oxygen atoms in total. The zero-order valence-electron chi connectivity index (χ0n) is 10.2. The largest absolute Gasteiger partial charge is 0.492 e. The van der Waals surface area contributed by atoms with Crippen molar-refractivity contribution in [3.63, 3.8) is 0 Å². The Morgan fingerprint density at radius 2 is 2.00 bits per heavy atom. The monoisotopic (exact) mass is 256 g/mol. The molecule has 1 aliphatic carbocycles. The molecule has 90 valence electrons. The number of fused-ring (bicyclic) bond motifs is 2. The average molecular weight is 257 g/mol. The lowest BCUT2D eigenvalue weighted by Crippen LogP contribution is -2.30. The van der Waals surface area contributed by atoms with Gasteiger partial charge in [-0.25, -0.2) is 0 Å². The van der Waals surface area contributed by atoms with Gasteiger partial charge in [-0.05, 0) is 29.7 Å². The first-order valence-electron chi connectivity index (χ1n) is 6.23. The lowest BCUT2D eigenvalue weighted by molar-refractivity contribution is 0.276. The molecule has 1 unspecified atom stereocenters. The van der Waals surface area contributed by atoms with Crippen LogP contribution in [0.5, 0.6) is 5.75 Å². The minimum Gasteiger partial charge on any atom is -0.492 e. The Morgan fingerprint density at radius 1 is 1.17 bits per heavy atom. The van der Waals surface area contributed by atoms with E-state index in [0.717, 1.165) is 23.8 Å². The van der Waals surface area contributed by atoms with Gasteiger partial charge in [0, 0.05) is 21.6 Å². The highest BCUT2D eigenvalue weighted by molar-refractivity contribution is 6.33. The molecule has 0 saturated carbocycles. The molecule has 0 amide bonds. The fraction of sp³-hybridized carbons (Fsp3) is 0.250. The molecular weight excluding hydrogens is 244 g/mol. The van der Waals surface area contributed by atoms with E-state index in [2.05, 4.69) is 31.2 Å². The summed E-state index contributed by atoms with van der Waals surface area (Å²) in [6.07, 6.45) is 1.03. The number of ether oxygens (including phenoxy) is 1. The molecule has 1 heterocycles. The summed E-state index contributed by atoms with van der Waals surface area (Å²) in [6.45, 7) is 3.03. The van der Waals surface area contributed by atoms with Gasteiger partial charge in [-0.3, -0.25) is 0 Å². The molecule has 18 heavy (non-hydrogen) atoms. The van der Waals surface area contributed by atoms with Gasteiger partial charge in [0.1, 0.15) is 5.75 Å². The maximum absolute atomic E-state index is 6.44. The van der Waals surface area contributed by atoms with Crippen molar-refractivity contribution in [1.82, 2.24) is 0 Å².